The predicted molar refractivity (Wildman–Crippen MR) is 61.3 cm³/mol. The fourth-order valence-corrected chi connectivity index (χ4v) is 1.57. The minimum absolute atomic E-state index is 0.114. The molecule has 5 heteroatoms. The Bertz CT molecular complexity index is 384. The zero-order valence-electron chi connectivity index (χ0n) is 9.56. The van der Waals surface area contributed by atoms with E-state index in [1.807, 2.05) is 0 Å². The summed E-state index contributed by atoms with van der Waals surface area (Å²) in [5.41, 5.74) is 0.297. The third-order valence-corrected chi connectivity index (χ3v) is 2.55. The van der Waals surface area contributed by atoms with E-state index in [2.05, 4.69) is 5.32 Å². The number of aldehydes is 1. The van der Waals surface area contributed by atoms with E-state index in [1.165, 1.54) is 6.07 Å². The third kappa shape index (κ3) is 3.59. The molecule has 0 aliphatic rings. The molecule has 1 aromatic rings. The lowest BCUT2D eigenvalue weighted by atomic mass is 9.97. The maximum absolute atomic E-state index is 13.0. The van der Waals surface area contributed by atoms with Gasteiger partial charge >= 0.3 is 0 Å². The van der Waals surface area contributed by atoms with E-state index in [0.717, 1.165) is 12.1 Å². The second kappa shape index (κ2) is 6.44. The van der Waals surface area contributed by atoms with Gasteiger partial charge in [-0.3, -0.25) is 4.79 Å². The first-order valence-electron chi connectivity index (χ1n) is 5.35. The van der Waals surface area contributed by atoms with Gasteiger partial charge in [0.2, 0.25) is 0 Å². The van der Waals surface area contributed by atoms with E-state index in [-0.39, 0.29) is 11.1 Å². The number of halogens is 1. The number of aliphatic hydroxyl groups is 2. The van der Waals surface area contributed by atoms with E-state index in [4.69, 9.17) is 0 Å². The molecule has 1 rings (SSSR count). The van der Waals surface area contributed by atoms with Crippen molar-refractivity contribution in [2.24, 2.45) is 0 Å². The summed E-state index contributed by atoms with van der Waals surface area (Å²) in [7, 11) is 1.72. The first kappa shape index (κ1) is 13.8. The van der Waals surface area contributed by atoms with Gasteiger partial charge in [0.1, 0.15) is 18.2 Å². The van der Waals surface area contributed by atoms with Crippen LogP contribution in [0.15, 0.2) is 18.2 Å². The zero-order valence-corrected chi connectivity index (χ0v) is 9.56. The van der Waals surface area contributed by atoms with Gasteiger partial charge < -0.3 is 15.5 Å². The highest BCUT2D eigenvalue weighted by atomic mass is 19.1. The highest BCUT2D eigenvalue weighted by Crippen LogP contribution is 2.22. The number of hydrogen-bond acceptors (Lipinski definition) is 4. The largest absolute Gasteiger partial charge is 0.390 e. The molecular weight excluding hydrogens is 225 g/mol. The number of rotatable bonds is 6. The molecular formula is C12H16FNO3. The van der Waals surface area contributed by atoms with E-state index in [0.29, 0.717) is 19.3 Å². The van der Waals surface area contributed by atoms with E-state index in [9.17, 15) is 19.4 Å². The van der Waals surface area contributed by atoms with Gasteiger partial charge in [-0.05, 0) is 43.8 Å². The Morgan fingerprint density at radius 1 is 1.47 bits per heavy atom. The molecule has 17 heavy (non-hydrogen) atoms. The van der Waals surface area contributed by atoms with Crippen molar-refractivity contribution >= 4 is 6.29 Å². The molecule has 2 unspecified atom stereocenters. The fraction of sp³-hybridized carbons (Fsp3) is 0.417. The van der Waals surface area contributed by atoms with Crippen LogP contribution in [0.3, 0.4) is 0 Å². The smallest absolute Gasteiger partial charge is 0.150 e. The van der Waals surface area contributed by atoms with E-state index < -0.39 is 18.0 Å². The van der Waals surface area contributed by atoms with Crippen LogP contribution in [-0.4, -0.2) is 36.2 Å². The Labute approximate surface area is 99.1 Å². The summed E-state index contributed by atoms with van der Waals surface area (Å²) >= 11 is 0. The van der Waals surface area contributed by atoms with Crippen molar-refractivity contribution in [2.75, 3.05) is 13.6 Å². The van der Waals surface area contributed by atoms with Gasteiger partial charge in [-0.15, -0.1) is 0 Å². The summed E-state index contributed by atoms with van der Waals surface area (Å²) < 4.78 is 13.0. The highest BCUT2D eigenvalue weighted by molar-refractivity contribution is 5.77. The summed E-state index contributed by atoms with van der Waals surface area (Å²) in [6, 6.07) is 3.49. The first-order chi connectivity index (χ1) is 8.10. The molecule has 0 fully saturated rings. The Morgan fingerprint density at radius 3 is 2.76 bits per heavy atom. The van der Waals surface area contributed by atoms with Crippen molar-refractivity contribution in [3.8, 4) is 0 Å². The van der Waals surface area contributed by atoms with Crippen LogP contribution in [-0.2, 0) is 0 Å². The second-order valence-electron chi connectivity index (χ2n) is 3.80. The first-order valence-corrected chi connectivity index (χ1v) is 5.35. The molecule has 0 spiro atoms. The van der Waals surface area contributed by atoms with Gasteiger partial charge in [0.05, 0.1) is 6.10 Å². The summed E-state index contributed by atoms with van der Waals surface area (Å²) in [6.07, 6.45) is -1.46. The number of aliphatic hydroxyl groups excluding tert-OH is 2. The minimum atomic E-state index is -1.26. The number of hydrogen-bond donors (Lipinski definition) is 3. The molecule has 0 bridgehead atoms. The molecule has 0 heterocycles. The van der Waals surface area contributed by atoms with Gasteiger partial charge in [0, 0.05) is 5.56 Å². The van der Waals surface area contributed by atoms with Crippen LogP contribution >= 0.6 is 0 Å². The van der Waals surface area contributed by atoms with Gasteiger partial charge in [-0.1, -0.05) is 0 Å². The molecule has 0 aliphatic carbocycles. The Balaban J connectivity index is 2.89. The number of carbonyl (C=O) groups is 1. The Kier molecular flexibility index (Phi) is 5.21. The Morgan fingerprint density at radius 2 is 2.18 bits per heavy atom. The number of carbonyl (C=O) groups excluding carboxylic acids is 1. The van der Waals surface area contributed by atoms with Crippen molar-refractivity contribution in [3.05, 3.63) is 35.1 Å². The van der Waals surface area contributed by atoms with Crippen LogP contribution in [0.2, 0.25) is 0 Å². The van der Waals surface area contributed by atoms with Crippen LogP contribution in [0.25, 0.3) is 0 Å². The van der Waals surface area contributed by atoms with Crippen molar-refractivity contribution in [2.45, 2.75) is 18.6 Å². The SMILES string of the molecule is CNCCC(O)C(O)c1cc(F)ccc1C=O. The van der Waals surface area contributed by atoms with Gasteiger partial charge in [0.15, 0.2) is 0 Å². The van der Waals surface area contributed by atoms with Gasteiger partial charge in [0.25, 0.3) is 0 Å². The third-order valence-electron chi connectivity index (χ3n) is 2.55. The van der Waals surface area contributed by atoms with Crippen LogP contribution < -0.4 is 5.32 Å². The molecule has 0 aliphatic heterocycles. The topological polar surface area (TPSA) is 69.6 Å². The number of nitrogens with one attached hydrogen (secondary N) is 1. The van der Waals surface area contributed by atoms with Crippen LogP contribution in [0.4, 0.5) is 4.39 Å². The minimum Gasteiger partial charge on any atom is -0.390 e. The molecule has 0 radical (unpaired) electrons. The molecule has 4 nitrogen and oxygen atoms in total. The van der Waals surface area contributed by atoms with Crippen molar-refractivity contribution < 1.29 is 19.4 Å². The van der Waals surface area contributed by atoms with Crippen LogP contribution in [0.5, 0.6) is 0 Å². The van der Waals surface area contributed by atoms with Crippen molar-refractivity contribution in [1.82, 2.24) is 5.32 Å². The van der Waals surface area contributed by atoms with E-state index in [1.54, 1.807) is 7.05 Å². The average Bonchev–Trinajstić information content (AvgIpc) is 2.34. The van der Waals surface area contributed by atoms with Crippen LogP contribution in [0.1, 0.15) is 28.4 Å². The maximum Gasteiger partial charge on any atom is 0.150 e. The standard InChI is InChI=1S/C12H16FNO3/c1-14-5-4-11(16)12(17)10-6-9(13)3-2-8(10)7-15/h2-3,6-7,11-12,14,16-17H,4-5H2,1H3. The highest BCUT2D eigenvalue weighted by Gasteiger charge is 2.21. The quantitative estimate of drug-likeness (QED) is 0.639. The fourth-order valence-electron chi connectivity index (χ4n) is 1.57. The maximum atomic E-state index is 13.0. The molecule has 0 saturated heterocycles. The summed E-state index contributed by atoms with van der Waals surface area (Å²) in [4.78, 5) is 10.8. The van der Waals surface area contributed by atoms with Crippen molar-refractivity contribution in [1.29, 1.82) is 0 Å². The second-order valence-corrected chi connectivity index (χ2v) is 3.80. The lowest BCUT2D eigenvalue weighted by Gasteiger charge is -2.19. The van der Waals surface area contributed by atoms with E-state index >= 15 is 0 Å². The molecule has 0 aromatic heterocycles. The average molecular weight is 241 g/mol. The molecule has 3 N–H and O–H groups in total. The summed E-state index contributed by atoms with van der Waals surface area (Å²) in [6.45, 7) is 0.518. The van der Waals surface area contributed by atoms with Gasteiger partial charge in [-0.2, -0.15) is 0 Å². The molecule has 1 aromatic carbocycles. The Hall–Kier alpha value is -1.30. The monoisotopic (exact) mass is 241 g/mol. The lowest BCUT2D eigenvalue weighted by Crippen LogP contribution is -2.24. The zero-order chi connectivity index (χ0) is 12.8. The normalized spacial score (nSPS) is 14.4. The molecule has 0 saturated carbocycles. The van der Waals surface area contributed by atoms with Crippen LogP contribution in [0, 0.1) is 5.82 Å². The van der Waals surface area contributed by atoms with Crippen molar-refractivity contribution in [3.63, 3.8) is 0 Å². The lowest BCUT2D eigenvalue weighted by molar-refractivity contribution is 0.0135. The molecule has 0 amide bonds. The number of benzene rings is 1. The van der Waals surface area contributed by atoms with Gasteiger partial charge in [-0.25, -0.2) is 4.39 Å². The summed E-state index contributed by atoms with van der Waals surface area (Å²) in [5, 5.41) is 22.4. The molecule has 94 valence electrons. The predicted octanol–water partition coefficient (Wildman–Crippen LogP) is 0.642. The molecule has 2 atom stereocenters. The summed E-state index contributed by atoms with van der Waals surface area (Å²) in [5.74, 6) is -0.550.